The maximum absolute atomic E-state index is 12.0. The van der Waals surface area contributed by atoms with Crippen molar-refractivity contribution in [1.29, 1.82) is 0 Å². The number of H-pyrrole nitrogens is 1. The molecular weight excluding hydrogens is 306 g/mol. The van der Waals surface area contributed by atoms with Crippen molar-refractivity contribution in [2.75, 3.05) is 6.54 Å². The quantitative estimate of drug-likeness (QED) is 0.687. The molecule has 24 heavy (non-hydrogen) atoms. The molecule has 0 aliphatic carbocycles. The van der Waals surface area contributed by atoms with Crippen molar-refractivity contribution in [2.45, 2.75) is 45.6 Å². The van der Waals surface area contributed by atoms with Crippen LogP contribution in [0.15, 0.2) is 29.1 Å². The van der Waals surface area contributed by atoms with Crippen LogP contribution >= 0.6 is 0 Å². The number of rotatable bonds is 8. The van der Waals surface area contributed by atoms with Crippen molar-refractivity contribution < 1.29 is 9.90 Å². The number of hydrogen-bond donors (Lipinski definition) is 3. The fourth-order valence-electron chi connectivity index (χ4n) is 2.45. The minimum atomic E-state index is -0.392. The molecule has 0 radical (unpaired) electrons. The normalized spacial score (nSPS) is 12.5. The van der Waals surface area contributed by atoms with E-state index in [-0.39, 0.29) is 17.4 Å². The minimum absolute atomic E-state index is 0.0471. The highest BCUT2D eigenvalue weighted by molar-refractivity contribution is 5.77. The predicted octanol–water partition coefficient (Wildman–Crippen LogP) is 1.77. The molecule has 0 saturated carbocycles. The Hall–Kier alpha value is -2.21. The van der Waals surface area contributed by atoms with Crippen LogP contribution < -0.4 is 10.9 Å². The Morgan fingerprint density at radius 1 is 1.33 bits per heavy atom. The zero-order valence-corrected chi connectivity index (χ0v) is 14.2. The van der Waals surface area contributed by atoms with E-state index in [0.29, 0.717) is 49.0 Å². The van der Waals surface area contributed by atoms with Gasteiger partial charge >= 0.3 is 0 Å². The molecule has 1 heterocycles. The topological polar surface area (TPSA) is 95.1 Å². The number of para-hydroxylation sites is 1. The molecule has 0 aliphatic rings. The number of hydrogen-bond acceptors (Lipinski definition) is 4. The Bertz CT molecular complexity index is 740. The average molecular weight is 331 g/mol. The second-order valence-corrected chi connectivity index (χ2v) is 6.33. The number of carbonyl (C=O) groups excluding carboxylic acids is 1. The number of carbonyl (C=O) groups is 1. The Morgan fingerprint density at radius 2 is 2.08 bits per heavy atom. The number of aromatic nitrogens is 2. The Kier molecular flexibility index (Phi) is 6.49. The van der Waals surface area contributed by atoms with Crippen LogP contribution in [0.25, 0.3) is 10.9 Å². The van der Waals surface area contributed by atoms with E-state index in [1.165, 1.54) is 0 Å². The summed E-state index contributed by atoms with van der Waals surface area (Å²) >= 11 is 0. The Balaban J connectivity index is 1.78. The SMILES string of the molecule is CC(C)C(O)CCNC(=O)CCCc1nc2ccccc2c(=O)[nH]1. The molecule has 0 spiro atoms. The largest absolute Gasteiger partial charge is 0.393 e. The lowest BCUT2D eigenvalue weighted by Crippen LogP contribution is -2.28. The zero-order valence-electron chi connectivity index (χ0n) is 14.2. The van der Waals surface area contributed by atoms with Crippen LogP contribution in [0.2, 0.25) is 0 Å². The fourth-order valence-corrected chi connectivity index (χ4v) is 2.45. The Morgan fingerprint density at radius 3 is 2.83 bits per heavy atom. The van der Waals surface area contributed by atoms with Crippen LogP contribution in [-0.2, 0) is 11.2 Å². The van der Waals surface area contributed by atoms with Gasteiger partial charge in [-0.3, -0.25) is 9.59 Å². The van der Waals surface area contributed by atoms with Crippen LogP contribution in [0.1, 0.15) is 38.9 Å². The summed E-state index contributed by atoms with van der Waals surface area (Å²) in [6.45, 7) is 4.37. The maximum atomic E-state index is 12.0. The molecule has 0 fully saturated rings. The molecule has 1 aromatic carbocycles. The second kappa shape index (κ2) is 8.59. The predicted molar refractivity (Wildman–Crippen MR) is 93.8 cm³/mol. The summed E-state index contributed by atoms with van der Waals surface area (Å²) in [6, 6.07) is 7.20. The molecule has 2 rings (SSSR count). The molecule has 6 heteroatoms. The molecule has 6 nitrogen and oxygen atoms in total. The van der Waals surface area contributed by atoms with Crippen molar-refractivity contribution >= 4 is 16.8 Å². The van der Waals surface area contributed by atoms with Crippen LogP contribution in [0, 0.1) is 5.92 Å². The van der Waals surface area contributed by atoms with Crippen molar-refractivity contribution in [3.63, 3.8) is 0 Å². The molecule has 0 bridgehead atoms. The third kappa shape index (κ3) is 5.16. The van der Waals surface area contributed by atoms with E-state index in [4.69, 9.17) is 0 Å². The van der Waals surface area contributed by atoms with Crippen LogP contribution in [-0.4, -0.2) is 33.6 Å². The summed E-state index contributed by atoms with van der Waals surface area (Å²) in [4.78, 5) is 30.9. The molecule has 1 aromatic heterocycles. The first-order valence-electron chi connectivity index (χ1n) is 8.40. The van der Waals surface area contributed by atoms with Gasteiger partial charge in [-0.05, 0) is 30.9 Å². The first-order valence-corrected chi connectivity index (χ1v) is 8.40. The van der Waals surface area contributed by atoms with Gasteiger partial charge in [0.05, 0.1) is 17.0 Å². The monoisotopic (exact) mass is 331 g/mol. The number of amides is 1. The molecule has 130 valence electrons. The first kappa shape index (κ1) is 18.1. The van der Waals surface area contributed by atoms with Gasteiger partial charge in [-0.25, -0.2) is 4.98 Å². The fraction of sp³-hybridized carbons (Fsp3) is 0.500. The first-order chi connectivity index (χ1) is 11.5. The van der Waals surface area contributed by atoms with E-state index in [1.54, 1.807) is 18.2 Å². The molecule has 0 saturated heterocycles. The van der Waals surface area contributed by atoms with Gasteiger partial charge in [0.15, 0.2) is 0 Å². The van der Waals surface area contributed by atoms with E-state index in [0.717, 1.165) is 0 Å². The van der Waals surface area contributed by atoms with Crippen LogP contribution in [0.3, 0.4) is 0 Å². The molecule has 1 amide bonds. The van der Waals surface area contributed by atoms with Gasteiger partial charge in [-0.2, -0.15) is 0 Å². The van der Waals surface area contributed by atoms with Crippen molar-refractivity contribution in [3.05, 3.63) is 40.4 Å². The summed E-state index contributed by atoms with van der Waals surface area (Å²) in [5.74, 6) is 0.744. The molecular formula is C18H25N3O3. The van der Waals surface area contributed by atoms with E-state index >= 15 is 0 Å². The number of aryl methyl sites for hydroxylation is 1. The summed E-state index contributed by atoms with van der Waals surface area (Å²) in [5, 5.41) is 13.1. The average Bonchev–Trinajstić information content (AvgIpc) is 2.54. The van der Waals surface area contributed by atoms with Crippen molar-refractivity contribution in [3.8, 4) is 0 Å². The number of aliphatic hydroxyl groups is 1. The zero-order chi connectivity index (χ0) is 17.5. The molecule has 3 N–H and O–H groups in total. The van der Waals surface area contributed by atoms with E-state index in [1.807, 2.05) is 19.9 Å². The third-order valence-corrected chi connectivity index (χ3v) is 4.01. The number of nitrogens with zero attached hydrogens (tertiary/aromatic N) is 1. The summed E-state index contributed by atoms with van der Waals surface area (Å²) in [6.07, 6.45) is 1.69. The number of aromatic amines is 1. The summed E-state index contributed by atoms with van der Waals surface area (Å²) in [5.41, 5.74) is 0.520. The number of benzene rings is 1. The van der Waals surface area contributed by atoms with E-state index < -0.39 is 6.10 Å². The lowest BCUT2D eigenvalue weighted by molar-refractivity contribution is -0.121. The minimum Gasteiger partial charge on any atom is -0.393 e. The smallest absolute Gasteiger partial charge is 0.258 e. The van der Waals surface area contributed by atoms with E-state index in [2.05, 4.69) is 15.3 Å². The summed E-state index contributed by atoms with van der Waals surface area (Å²) in [7, 11) is 0. The maximum Gasteiger partial charge on any atom is 0.258 e. The molecule has 1 unspecified atom stereocenters. The van der Waals surface area contributed by atoms with Crippen molar-refractivity contribution in [1.82, 2.24) is 15.3 Å². The van der Waals surface area contributed by atoms with Gasteiger partial charge < -0.3 is 15.4 Å². The van der Waals surface area contributed by atoms with Gasteiger partial charge in [0.1, 0.15) is 5.82 Å². The van der Waals surface area contributed by atoms with Crippen LogP contribution in [0.4, 0.5) is 0 Å². The number of fused-ring (bicyclic) bond motifs is 1. The van der Waals surface area contributed by atoms with Gasteiger partial charge in [-0.15, -0.1) is 0 Å². The van der Waals surface area contributed by atoms with Gasteiger partial charge in [-0.1, -0.05) is 26.0 Å². The lowest BCUT2D eigenvalue weighted by Gasteiger charge is -2.14. The number of nitrogens with one attached hydrogen (secondary N) is 2. The standard InChI is InChI=1S/C18H25N3O3/c1-12(2)15(22)10-11-19-17(23)9-5-8-16-20-14-7-4-3-6-13(14)18(24)21-16/h3-4,6-7,12,15,22H,5,8-11H2,1-2H3,(H,19,23)(H,20,21,24). The van der Waals surface area contributed by atoms with Crippen LogP contribution in [0.5, 0.6) is 0 Å². The highest BCUT2D eigenvalue weighted by atomic mass is 16.3. The van der Waals surface area contributed by atoms with Gasteiger partial charge in [0.25, 0.3) is 5.56 Å². The molecule has 1 atom stereocenters. The lowest BCUT2D eigenvalue weighted by atomic mass is 10.0. The van der Waals surface area contributed by atoms with Crippen molar-refractivity contribution in [2.24, 2.45) is 5.92 Å². The van der Waals surface area contributed by atoms with E-state index in [9.17, 15) is 14.7 Å². The highest BCUT2D eigenvalue weighted by Crippen LogP contribution is 2.07. The third-order valence-electron chi connectivity index (χ3n) is 4.01. The van der Waals surface area contributed by atoms with Gasteiger partial charge in [0.2, 0.25) is 5.91 Å². The number of aliphatic hydroxyl groups excluding tert-OH is 1. The Labute approximate surface area is 141 Å². The summed E-state index contributed by atoms with van der Waals surface area (Å²) < 4.78 is 0. The second-order valence-electron chi connectivity index (χ2n) is 6.33. The molecule has 2 aromatic rings. The van der Waals surface area contributed by atoms with Gasteiger partial charge in [0, 0.05) is 19.4 Å². The highest BCUT2D eigenvalue weighted by Gasteiger charge is 2.10. The molecule has 0 aliphatic heterocycles.